The number of likely N-dealkylation sites (tertiary alicyclic amines) is 1. The van der Waals surface area contributed by atoms with E-state index in [1.165, 1.54) is 12.1 Å². The molecule has 1 heterocycles. The van der Waals surface area contributed by atoms with Crippen molar-refractivity contribution >= 4 is 5.91 Å². The van der Waals surface area contributed by atoms with Crippen LogP contribution >= 0.6 is 0 Å². The first-order chi connectivity index (χ1) is 8.79. The molecular formula is C15H21FN2O. The summed E-state index contributed by atoms with van der Waals surface area (Å²) in [6, 6.07) is 6.71. The van der Waals surface area contributed by atoms with Crippen molar-refractivity contribution < 1.29 is 9.18 Å². The van der Waals surface area contributed by atoms with E-state index in [0.717, 1.165) is 12.0 Å². The minimum absolute atomic E-state index is 0.0235. The Morgan fingerprint density at radius 3 is 2.47 bits per heavy atom. The fraction of sp³-hybridized carbons (Fsp3) is 0.533. The van der Waals surface area contributed by atoms with E-state index >= 15 is 0 Å². The first-order valence-corrected chi connectivity index (χ1v) is 6.64. The number of rotatable bonds is 2. The predicted molar refractivity (Wildman–Crippen MR) is 73.2 cm³/mol. The lowest BCUT2D eigenvalue weighted by molar-refractivity contribution is -0.136. The van der Waals surface area contributed by atoms with E-state index in [4.69, 9.17) is 5.73 Å². The number of carbonyl (C=O) groups excluding carboxylic acids is 1. The smallest absolute Gasteiger partial charge is 0.242 e. The van der Waals surface area contributed by atoms with Crippen LogP contribution in [0.5, 0.6) is 0 Å². The summed E-state index contributed by atoms with van der Waals surface area (Å²) in [7, 11) is 0. The second-order valence-electron chi connectivity index (χ2n) is 6.01. The molecule has 0 spiro atoms. The highest BCUT2D eigenvalue weighted by atomic mass is 19.1. The van der Waals surface area contributed by atoms with Gasteiger partial charge in [0.15, 0.2) is 0 Å². The summed E-state index contributed by atoms with van der Waals surface area (Å²) < 4.78 is 12.9. The monoisotopic (exact) mass is 264 g/mol. The Hall–Kier alpha value is -1.42. The number of hydrogen-bond acceptors (Lipinski definition) is 2. The number of nitrogens with zero attached hydrogens (tertiary/aromatic N) is 1. The van der Waals surface area contributed by atoms with Gasteiger partial charge in [-0.05, 0) is 44.9 Å². The molecule has 1 saturated heterocycles. The molecule has 0 bridgehead atoms. The van der Waals surface area contributed by atoms with Gasteiger partial charge in [-0.2, -0.15) is 0 Å². The van der Waals surface area contributed by atoms with E-state index in [2.05, 4.69) is 0 Å². The van der Waals surface area contributed by atoms with Crippen LogP contribution in [0, 0.1) is 5.82 Å². The van der Waals surface area contributed by atoms with E-state index in [0.29, 0.717) is 6.54 Å². The molecule has 1 aromatic rings. The minimum atomic E-state index is -0.841. The quantitative estimate of drug-likeness (QED) is 0.890. The average molecular weight is 264 g/mol. The Kier molecular flexibility index (Phi) is 3.63. The van der Waals surface area contributed by atoms with Crippen molar-refractivity contribution in [3.8, 4) is 0 Å². The lowest BCUT2D eigenvalue weighted by Crippen LogP contribution is -2.52. The molecule has 2 N–H and O–H groups in total. The molecule has 0 aromatic heterocycles. The highest BCUT2D eigenvalue weighted by molar-refractivity contribution is 5.85. The normalized spacial score (nSPS) is 23.7. The topological polar surface area (TPSA) is 46.3 Å². The Morgan fingerprint density at radius 2 is 1.95 bits per heavy atom. The third-order valence-electron chi connectivity index (χ3n) is 3.73. The maximum Gasteiger partial charge on any atom is 0.242 e. The molecule has 0 radical (unpaired) electrons. The van der Waals surface area contributed by atoms with E-state index < -0.39 is 5.54 Å². The standard InChI is InChI=1S/C15H21FN2O/c1-10-8-12(11-4-6-13(16)7-5-11)9-18(10)14(19)15(2,3)17/h4-7,10,12H,8-9,17H2,1-3H3. The Morgan fingerprint density at radius 1 is 1.37 bits per heavy atom. The summed E-state index contributed by atoms with van der Waals surface area (Å²) >= 11 is 0. The molecule has 19 heavy (non-hydrogen) atoms. The maximum absolute atomic E-state index is 12.9. The Bertz CT molecular complexity index is 464. The van der Waals surface area contributed by atoms with Gasteiger partial charge in [-0.3, -0.25) is 4.79 Å². The second kappa shape index (κ2) is 4.93. The lowest BCUT2D eigenvalue weighted by atomic mass is 9.97. The van der Waals surface area contributed by atoms with E-state index in [1.54, 1.807) is 26.0 Å². The predicted octanol–water partition coefficient (Wildman–Crippen LogP) is 2.27. The SMILES string of the molecule is CC1CC(c2ccc(F)cc2)CN1C(=O)C(C)(C)N. The summed E-state index contributed by atoms with van der Waals surface area (Å²) in [5.74, 6) is 0.0114. The van der Waals surface area contributed by atoms with E-state index in [9.17, 15) is 9.18 Å². The van der Waals surface area contributed by atoms with Gasteiger partial charge in [0.05, 0.1) is 5.54 Å². The molecule has 4 heteroatoms. The van der Waals surface area contributed by atoms with Gasteiger partial charge in [0.25, 0.3) is 0 Å². The molecule has 1 amide bonds. The maximum atomic E-state index is 12.9. The highest BCUT2D eigenvalue weighted by Crippen LogP contribution is 2.32. The van der Waals surface area contributed by atoms with Gasteiger partial charge in [0, 0.05) is 18.5 Å². The lowest BCUT2D eigenvalue weighted by Gasteiger charge is -2.29. The fourth-order valence-electron chi connectivity index (χ4n) is 2.66. The van der Waals surface area contributed by atoms with Crippen LogP contribution in [-0.2, 0) is 4.79 Å². The van der Waals surface area contributed by atoms with Crippen LogP contribution in [0.15, 0.2) is 24.3 Å². The molecule has 3 nitrogen and oxygen atoms in total. The molecule has 0 saturated carbocycles. The van der Waals surface area contributed by atoms with E-state index in [-0.39, 0.29) is 23.7 Å². The molecule has 2 rings (SSSR count). The number of carbonyl (C=O) groups is 1. The Balaban J connectivity index is 2.13. The largest absolute Gasteiger partial charge is 0.338 e. The second-order valence-corrected chi connectivity index (χ2v) is 6.01. The van der Waals surface area contributed by atoms with Crippen LogP contribution in [0.25, 0.3) is 0 Å². The van der Waals surface area contributed by atoms with Gasteiger partial charge >= 0.3 is 0 Å². The van der Waals surface area contributed by atoms with Crippen LogP contribution in [0.1, 0.15) is 38.7 Å². The number of nitrogens with two attached hydrogens (primary N) is 1. The van der Waals surface area contributed by atoms with Crippen LogP contribution in [0.4, 0.5) is 4.39 Å². The van der Waals surface area contributed by atoms with Gasteiger partial charge in [0.1, 0.15) is 5.82 Å². The summed E-state index contributed by atoms with van der Waals surface area (Å²) in [6.45, 7) is 6.15. The zero-order valence-electron chi connectivity index (χ0n) is 11.7. The first kappa shape index (κ1) is 14.0. The number of halogens is 1. The molecule has 1 aromatic carbocycles. The van der Waals surface area contributed by atoms with Crippen molar-refractivity contribution in [1.82, 2.24) is 4.90 Å². The summed E-state index contributed by atoms with van der Waals surface area (Å²) in [5.41, 5.74) is 6.12. The zero-order valence-corrected chi connectivity index (χ0v) is 11.7. The van der Waals surface area contributed by atoms with Crippen molar-refractivity contribution in [3.05, 3.63) is 35.6 Å². The van der Waals surface area contributed by atoms with Crippen LogP contribution in [0.2, 0.25) is 0 Å². The average Bonchev–Trinajstić information content (AvgIpc) is 2.70. The molecule has 1 fully saturated rings. The summed E-state index contributed by atoms with van der Waals surface area (Å²) in [6.07, 6.45) is 0.896. The highest BCUT2D eigenvalue weighted by Gasteiger charge is 2.37. The summed E-state index contributed by atoms with van der Waals surface area (Å²) in [5, 5.41) is 0. The van der Waals surface area contributed by atoms with Crippen LogP contribution in [0.3, 0.4) is 0 Å². The van der Waals surface area contributed by atoms with Gasteiger partial charge in [-0.25, -0.2) is 4.39 Å². The molecule has 0 aliphatic carbocycles. The number of hydrogen-bond donors (Lipinski definition) is 1. The van der Waals surface area contributed by atoms with Crippen molar-refractivity contribution in [2.75, 3.05) is 6.54 Å². The van der Waals surface area contributed by atoms with E-state index in [1.807, 2.05) is 11.8 Å². The van der Waals surface area contributed by atoms with Crippen LogP contribution < -0.4 is 5.73 Å². The molecule has 2 unspecified atom stereocenters. The molecule has 1 aliphatic heterocycles. The summed E-state index contributed by atoms with van der Waals surface area (Å²) in [4.78, 5) is 14.1. The van der Waals surface area contributed by atoms with Gasteiger partial charge in [-0.15, -0.1) is 0 Å². The Labute approximate surface area is 113 Å². The first-order valence-electron chi connectivity index (χ1n) is 6.64. The van der Waals surface area contributed by atoms with Crippen molar-refractivity contribution in [2.45, 2.75) is 44.7 Å². The van der Waals surface area contributed by atoms with Crippen molar-refractivity contribution in [3.63, 3.8) is 0 Å². The van der Waals surface area contributed by atoms with Gasteiger partial charge < -0.3 is 10.6 Å². The number of amides is 1. The minimum Gasteiger partial charge on any atom is -0.338 e. The van der Waals surface area contributed by atoms with Gasteiger partial charge in [-0.1, -0.05) is 12.1 Å². The van der Waals surface area contributed by atoms with Crippen LogP contribution in [-0.4, -0.2) is 28.9 Å². The van der Waals surface area contributed by atoms with Crippen molar-refractivity contribution in [1.29, 1.82) is 0 Å². The molecule has 2 atom stereocenters. The number of benzene rings is 1. The zero-order chi connectivity index (χ0) is 14.2. The van der Waals surface area contributed by atoms with Crippen molar-refractivity contribution in [2.24, 2.45) is 5.73 Å². The van der Waals surface area contributed by atoms with Gasteiger partial charge in [0.2, 0.25) is 5.91 Å². The third kappa shape index (κ3) is 2.95. The molecular weight excluding hydrogens is 243 g/mol. The third-order valence-corrected chi connectivity index (χ3v) is 3.73. The fourth-order valence-corrected chi connectivity index (χ4v) is 2.66. The molecule has 104 valence electrons. The molecule has 1 aliphatic rings.